The first kappa shape index (κ1) is 9.95. The predicted octanol–water partition coefficient (Wildman–Crippen LogP) is -0.0963. The highest BCUT2D eigenvalue weighted by molar-refractivity contribution is 7.92. The summed E-state index contributed by atoms with van der Waals surface area (Å²) in [4.78, 5) is 0. The molecule has 1 fully saturated rings. The molecule has 1 unspecified atom stereocenters. The standard InChI is InChI=1S/C7H16N2O2S/c1-12(9,11)5-2-3-6(8)7(10)4-5/h5-7,9-10H,2-4,8H2,1H3/t5-,6-,7-,12?/m1/s1. The number of nitrogens with two attached hydrogens (primary N) is 1. The SMILES string of the molecule is CS(=N)(=O)[C@@H]1CC[C@@H](N)[C@H](O)C1. The Bertz CT molecular complexity index is 250. The van der Waals surface area contributed by atoms with E-state index in [0.717, 1.165) is 0 Å². The first-order valence-corrected chi connectivity index (χ1v) is 6.10. The van der Waals surface area contributed by atoms with Crippen molar-refractivity contribution in [1.82, 2.24) is 0 Å². The van der Waals surface area contributed by atoms with Gasteiger partial charge in [-0.05, 0) is 19.3 Å². The largest absolute Gasteiger partial charge is 0.391 e. The van der Waals surface area contributed by atoms with E-state index < -0.39 is 15.8 Å². The van der Waals surface area contributed by atoms with Crippen molar-refractivity contribution in [2.45, 2.75) is 36.7 Å². The summed E-state index contributed by atoms with van der Waals surface area (Å²) in [6.07, 6.45) is 2.66. The molecule has 4 atom stereocenters. The molecule has 0 aromatic carbocycles. The van der Waals surface area contributed by atoms with Crippen molar-refractivity contribution >= 4 is 9.73 Å². The van der Waals surface area contributed by atoms with Gasteiger partial charge in [-0.25, -0.2) is 4.21 Å². The van der Waals surface area contributed by atoms with Gasteiger partial charge in [-0.2, -0.15) is 0 Å². The maximum atomic E-state index is 11.3. The molecular formula is C7H16N2O2S. The first-order valence-electron chi connectivity index (χ1n) is 4.07. The molecule has 0 amide bonds. The third kappa shape index (κ3) is 2.18. The van der Waals surface area contributed by atoms with E-state index in [4.69, 9.17) is 10.5 Å². The minimum Gasteiger partial charge on any atom is -0.391 e. The monoisotopic (exact) mass is 192 g/mol. The zero-order valence-corrected chi connectivity index (χ0v) is 8.01. The van der Waals surface area contributed by atoms with Crippen molar-refractivity contribution in [1.29, 1.82) is 4.78 Å². The van der Waals surface area contributed by atoms with Crippen LogP contribution in [0.4, 0.5) is 0 Å². The average Bonchev–Trinajstić information content (AvgIpc) is 1.92. The second kappa shape index (κ2) is 3.32. The third-order valence-electron chi connectivity index (χ3n) is 2.46. The molecule has 0 aliphatic heterocycles. The van der Waals surface area contributed by atoms with Gasteiger partial charge in [0, 0.05) is 27.3 Å². The van der Waals surface area contributed by atoms with E-state index in [1.54, 1.807) is 0 Å². The zero-order chi connectivity index (χ0) is 9.35. The zero-order valence-electron chi connectivity index (χ0n) is 7.19. The van der Waals surface area contributed by atoms with Gasteiger partial charge < -0.3 is 10.8 Å². The third-order valence-corrected chi connectivity index (χ3v) is 4.16. The fraction of sp³-hybridized carbons (Fsp3) is 1.00. The highest BCUT2D eigenvalue weighted by Gasteiger charge is 2.30. The fourth-order valence-corrected chi connectivity index (χ4v) is 2.69. The molecule has 4 N–H and O–H groups in total. The molecule has 1 aliphatic carbocycles. The van der Waals surface area contributed by atoms with E-state index in [0.29, 0.717) is 19.3 Å². The lowest BCUT2D eigenvalue weighted by atomic mass is 9.93. The summed E-state index contributed by atoms with van der Waals surface area (Å²) < 4.78 is 18.7. The number of nitrogens with one attached hydrogen (secondary N) is 1. The van der Waals surface area contributed by atoms with Crippen LogP contribution in [0.2, 0.25) is 0 Å². The summed E-state index contributed by atoms with van der Waals surface area (Å²) in [7, 11) is -2.50. The summed E-state index contributed by atoms with van der Waals surface area (Å²) in [5.74, 6) is 0. The second-order valence-electron chi connectivity index (χ2n) is 3.57. The molecule has 0 bridgehead atoms. The molecule has 1 rings (SSSR count). The van der Waals surface area contributed by atoms with E-state index in [9.17, 15) is 9.32 Å². The second-order valence-corrected chi connectivity index (χ2v) is 6.04. The molecule has 4 nitrogen and oxygen atoms in total. The molecule has 0 heterocycles. The Morgan fingerprint density at radius 2 is 2.17 bits per heavy atom. The van der Waals surface area contributed by atoms with Crippen molar-refractivity contribution in [2.24, 2.45) is 5.73 Å². The van der Waals surface area contributed by atoms with Crippen LogP contribution in [0.1, 0.15) is 19.3 Å². The quantitative estimate of drug-likeness (QED) is 0.542. The van der Waals surface area contributed by atoms with Gasteiger partial charge >= 0.3 is 0 Å². The lowest BCUT2D eigenvalue weighted by Crippen LogP contribution is -2.43. The van der Waals surface area contributed by atoms with E-state index in [1.807, 2.05) is 0 Å². The summed E-state index contributed by atoms with van der Waals surface area (Å²) in [5.41, 5.74) is 5.58. The van der Waals surface area contributed by atoms with Crippen LogP contribution in [0.5, 0.6) is 0 Å². The number of hydrogen-bond acceptors (Lipinski definition) is 4. The molecule has 0 aromatic heterocycles. The van der Waals surface area contributed by atoms with E-state index >= 15 is 0 Å². The van der Waals surface area contributed by atoms with Crippen molar-refractivity contribution < 1.29 is 9.32 Å². The lowest BCUT2D eigenvalue weighted by Gasteiger charge is -2.30. The highest BCUT2D eigenvalue weighted by Crippen LogP contribution is 2.23. The van der Waals surface area contributed by atoms with Gasteiger partial charge in [0.05, 0.1) is 6.10 Å². The van der Waals surface area contributed by atoms with Gasteiger partial charge in [0.25, 0.3) is 0 Å². The van der Waals surface area contributed by atoms with Crippen LogP contribution in [0, 0.1) is 4.78 Å². The number of hydrogen-bond donors (Lipinski definition) is 3. The van der Waals surface area contributed by atoms with Crippen molar-refractivity contribution in [3.63, 3.8) is 0 Å². The maximum absolute atomic E-state index is 11.3. The molecule has 0 saturated heterocycles. The number of aliphatic hydroxyl groups excluding tert-OH is 1. The van der Waals surface area contributed by atoms with Gasteiger partial charge in [0.15, 0.2) is 0 Å². The summed E-state index contributed by atoms with van der Waals surface area (Å²) in [6, 6.07) is -0.192. The molecule has 1 aliphatic rings. The summed E-state index contributed by atoms with van der Waals surface area (Å²) >= 11 is 0. The Hall–Kier alpha value is -0.130. The van der Waals surface area contributed by atoms with E-state index in [2.05, 4.69) is 0 Å². The number of rotatable bonds is 1. The highest BCUT2D eigenvalue weighted by atomic mass is 32.2. The van der Waals surface area contributed by atoms with Crippen LogP contribution < -0.4 is 5.73 Å². The fourth-order valence-electron chi connectivity index (χ4n) is 1.54. The van der Waals surface area contributed by atoms with Crippen LogP contribution >= 0.6 is 0 Å². The molecule has 72 valence electrons. The van der Waals surface area contributed by atoms with Gasteiger partial charge in [-0.3, -0.25) is 4.78 Å². The van der Waals surface area contributed by atoms with Crippen LogP contribution in [0.25, 0.3) is 0 Å². The molecule has 12 heavy (non-hydrogen) atoms. The molecule has 0 spiro atoms. The Morgan fingerprint density at radius 3 is 2.58 bits per heavy atom. The van der Waals surface area contributed by atoms with Gasteiger partial charge in [-0.15, -0.1) is 0 Å². The Balaban J connectivity index is 2.64. The van der Waals surface area contributed by atoms with E-state index in [1.165, 1.54) is 6.26 Å². The lowest BCUT2D eigenvalue weighted by molar-refractivity contribution is 0.110. The van der Waals surface area contributed by atoms with Gasteiger partial charge in [0.1, 0.15) is 0 Å². The van der Waals surface area contributed by atoms with Crippen LogP contribution in [-0.4, -0.2) is 33.0 Å². The van der Waals surface area contributed by atoms with Crippen LogP contribution in [-0.2, 0) is 9.73 Å². The number of aliphatic hydroxyl groups is 1. The average molecular weight is 192 g/mol. The van der Waals surface area contributed by atoms with Crippen molar-refractivity contribution in [3.05, 3.63) is 0 Å². The first-order chi connectivity index (χ1) is 5.41. The normalized spacial score (nSPS) is 42.1. The predicted molar refractivity (Wildman–Crippen MR) is 48.4 cm³/mol. The molecule has 0 radical (unpaired) electrons. The Labute approximate surface area is 73.1 Å². The van der Waals surface area contributed by atoms with Crippen molar-refractivity contribution in [3.8, 4) is 0 Å². The topological polar surface area (TPSA) is 87.2 Å². The minimum absolute atomic E-state index is 0.174. The van der Waals surface area contributed by atoms with Crippen molar-refractivity contribution in [2.75, 3.05) is 6.26 Å². The van der Waals surface area contributed by atoms with E-state index in [-0.39, 0.29) is 11.3 Å². The molecule has 1 saturated carbocycles. The van der Waals surface area contributed by atoms with Crippen LogP contribution in [0.3, 0.4) is 0 Å². The minimum atomic E-state index is -2.50. The van der Waals surface area contributed by atoms with Crippen LogP contribution in [0.15, 0.2) is 0 Å². The van der Waals surface area contributed by atoms with Gasteiger partial charge in [0.2, 0.25) is 0 Å². The smallest absolute Gasteiger partial charge is 0.0702 e. The summed E-state index contributed by atoms with van der Waals surface area (Å²) in [5, 5.41) is 9.20. The molecular weight excluding hydrogens is 176 g/mol. The van der Waals surface area contributed by atoms with Gasteiger partial charge in [-0.1, -0.05) is 0 Å². The Kier molecular flexibility index (Phi) is 2.75. The summed E-state index contributed by atoms with van der Waals surface area (Å²) in [6.45, 7) is 0. The molecule has 0 aromatic rings. The molecule has 5 heteroatoms. The Morgan fingerprint density at radius 1 is 1.58 bits per heavy atom. The maximum Gasteiger partial charge on any atom is 0.0702 e.